The van der Waals surface area contributed by atoms with Gasteiger partial charge in [0.2, 0.25) is 5.91 Å². The number of carbonyl (C=O) groups is 2. The van der Waals surface area contributed by atoms with E-state index in [1.165, 1.54) is 12.1 Å². The quantitative estimate of drug-likeness (QED) is 0.816. The summed E-state index contributed by atoms with van der Waals surface area (Å²) in [7, 11) is -3.09. The summed E-state index contributed by atoms with van der Waals surface area (Å²) in [5.74, 6) is -1.61. The van der Waals surface area contributed by atoms with Gasteiger partial charge < -0.3 is 10.4 Å². The molecule has 0 unspecified atom stereocenters. The van der Waals surface area contributed by atoms with Gasteiger partial charge in [0.15, 0.2) is 0 Å². The van der Waals surface area contributed by atoms with Crippen LogP contribution in [0.3, 0.4) is 0 Å². The second-order valence-corrected chi connectivity index (χ2v) is 6.39. The number of carboxylic acids is 1. The zero-order valence-electron chi connectivity index (χ0n) is 10.4. The van der Waals surface area contributed by atoms with Crippen molar-refractivity contribution in [3.63, 3.8) is 0 Å². The molecule has 0 spiro atoms. The molecule has 1 rings (SSSR count). The molecule has 0 aliphatic rings. The highest BCUT2D eigenvalue weighted by Gasteiger charge is 2.12. The van der Waals surface area contributed by atoms with Crippen molar-refractivity contribution in [3.8, 4) is 0 Å². The molecule has 7 heteroatoms. The number of para-hydroxylation sites is 1. The van der Waals surface area contributed by atoms with Crippen LogP contribution in [-0.4, -0.2) is 37.4 Å². The maximum absolute atomic E-state index is 11.6. The fraction of sp³-hybridized carbons (Fsp3) is 0.333. The number of rotatable bonds is 6. The van der Waals surface area contributed by atoms with Gasteiger partial charge in [0.1, 0.15) is 9.84 Å². The van der Waals surface area contributed by atoms with Crippen LogP contribution < -0.4 is 5.32 Å². The fourth-order valence-corrected chi connectivity index (χ4v) is 2.15. The van der Waals surface area contributed by atoms with Crippen LogP contribution in [0.5, 0.6) is 0 Å². The smallest absolute Gasteiger partial charge is 0.337 e. The molecule has 1 aromatic carbocycles. The Morgan fingerprint density at radius 2 is 1.89 bits per heavy atom. The molecule has 0 radical (unpaired) electrons. The molecule has 0 saturated carbocycles. The summed E-state index contributed by atoms with van der Waals surface area (Å²) in [6, 6.07) is 6.04. The van der Waals surface area contributed by atoms with Crippen LogP contribution in [0.15, 0.2) is 24.3 Å². The molecule has 0 aliphatic carbocycles. The topological polar surface area (TPSA) is 101 Å². The lowest BCUT2D eigenvalue weighted by atomic mass is 10.1. The summed E-state index contributed by atoms with van der Waals surface area (Å²) in [6.45, 7) is 0. The number of carboxylic acid groups (broad SMARTS) is 1. The molecule has 1 aromatic rings. The number of hydrogen-bond donors (Lipinski definition) is 2. The minimum absolute atomic E-state index is 0.000960. The minimum atomic E-state index is -3.09. The van der Waals surface area contributed by atoms with Crippen LogP contribution in [0.25, 0.3) is 0 Å². The van der Waals surface area contributed by atoms with Crippen molar-refractivity contribution in [2.24, 2.45) is 0 Å². The Bertz CT molecular complexity index is 580. The second kappa shape index (κ2) is 6.33. The molecule has 2 N–H and O–H groups in total. The van der Waals surface area contributed by atoms with E-state index in [0.29, 0.717) is 0 Å². The Hall–Kier alpha value is -1.89. The Morgan fingerprint density at radius 3 is 2.47 bits per heavy atom. The third-order valence-electron chi connectivity index (χ3n) is 2.35. The lowest BCUT2D eigenvalue weighted by Gasteiger charge is -2.07. The third kappa shape index (κ3) is 5.52. The van der Waals surface area contributed by atoms with E-state index in [0.717, 1.165) is 6.26 Å². The Morgan fingerprint density at radius 1 is 1.26 bits per heavy atom. The lowest BCUT2D eigenvalue weighted by Crippen LogP contribution is -2.15. The summed E-state index contributed by atoms with van der Waals surface area (Å²) >= 11 is 0. The van der Waals surface area contributed by atoms with Gasteiger partial charge in [-0.1, -0.05) is 12.1 Å². The monoisotopic (exact) mass is 285 g/mol. The normalized spacial score (nSPS) is 11.0. The SMILES string of the molecule is CS(=O)(=O)CCCC(=O)Nc1ccccc1C(=O)O. The van der Waals surface area contributed by atoms with Crippen molar-refractivity contribution in [2.75, 3.05) is 17.3 Å². The van der Waals surface area contributed by atoms with Crippen LogP contribution in [0, 0.1) is 0 Å². The van der Waals surface area contributed by atoms with Gasteiger partial charge >= 0.3 is 5.97 Å². The molecular formula is C12H15NO5S. The number of benzene rings is 1. The zero-order valence-corrected chi connectivity index (χ0v) is 11.2. The number of anilines is 1. The maximum Gasteiger partial charge on any atom is 0.337 e. The van der Waals surface area contributed by atoms with Crippen molar-refractivity contribution in [2.45, 2.75) is 12.8 Å². The Balaban J connectivity index is 2.60. The fourth-order valence-electron chi connectivity index (χ4n) is 1.49. The van der Waals surface area contributed by atoms with Gasteiger partial charge in [0, 0.05) is 12.7 Å². The molecule has 0 aromatic heterocycles. The van der Waals surface area contributed by atoms with Gasteiger partial charge in [0.25, 0.3) is 0 Å². The largest absolute Gasteiger partial charge is 0.478 e. The minimum Gasteiger partial charge on any atom is -0.478 e. The summed E-state index contributed by atoms with van der Waals surface area (Å²) in [5, 5.41) is 11.4. The average Bonchev–Trinajstić information content (AvgIpc) is 2.27. The van der Waals surface area contributed by atoms with E-state index < -0.39 is 21.7 Å². The number of carbonyl (C=O) groups excluding carboxylic acids is 1. The van der Waals surface area contributed by atoms with Crippen molar-refractivity contribution in [1.29, 1.82) is 0 Å². The van der Waals surface area contributed by atoms with Crippen molar-refractivity contribution < 1.29 is 23.1 Å². The van der Waals surface area contributed by atoms with Gasteiger partial charge in [0.05, 0.1) is 17.0 Å². The van der Waals surface area contributed by atoms with E-state index in [4.69, 9.17) is 5.11 Å². The highest BCUT2D eigenvalue weighted by Crippen LogP contribution is 2.15. The third-order valence-corrected chi connectivity index (χ3v) is 3.38. The molecular weight excluding hydrogens is 270 g/mol. The first kappa shape index (κ1) is 15.2. The van der Waals surface area contributed by atoms with Crippen LogP contribution in [0.4, 0.5) is 5.69 Å². The van der Waals surface area contributed by atoms with Crippen molar-refractivity contribution in [1.82, 2.24) is 0 Å². The van der Waals surface area contributed by atoms with E-state index in [9.17, 15) is 18.0 Å². The first-order chi connectivity index (χ1) is 8.79. The van der Waals surface area contributed by atoms with Crippen molar-refractivity contribution >= 4 is 27.4 Å². The van der Waals surface area contributed by atoms with E-state index in [1.807, 2.05) is 0 Å². The van der Waals surface area contributed by atoms with Crippen LogP contribution in [0.2, 0.25) is 0 Å². The maximum atomic E-state index is 11.6. The van der Waals surface area contributed by atoms with E-state index in [-0.39, 0.29) is 29.8 Å². The molecule has 0 heterocycles. The van der Waals surface area contributed by atoms with Crippen molar-refractivity contribution in [3.05, 3.63) is 29.8 Å². The van der Waals surface area contributed by atoms with Gasteiger partial charge in [-0.05, 0) is 18.6 Å². The summed E-state index contributed by atoms with van der Waals surface area (Å²) in [4.78, 5) is 22.5. The first-order valence-corrected chi connectivity index (χ1v) is 7.65. The summed E-state index contributed by atoms with van der Waals surface area (Å²) in [6.07, 6.45) is 1.34. The average molecular weight is 285 g/mol. The van der Waals surface area contributed by atoms with Gasteiger partial charge in [-0.2, -0.15) is 0 Å². The highest BCUT2D eigenvalue weighted by atomic mass is 32.2. The van der Waals surface area contributed by atoms with E-state index >= 15 is 0 Å². The first-order valence-electron chi connectivity index (χ1n) is 5.59. The Labute approximate surface area is 111 Å². The summed E-state index contributed by atoms with van der Waals surface area (Å²) < 4.78 is 21.8. The number of hydrogen-bond acceptors (Lipinski definition) is 4. The summed E-state index contributed by atoms with van der Waals surface area (Å²) in [5.41, 5.74) is 0.207. The lowest BCUT2D eigenvalue weighted by molar-refractivity contribution is -0.116. The number of sulfone groups is 1. The van der Waals surface area contributed by atoms with Gasteiger partial charge in [-0.3, -0.25) is 4.79 Å². The van der Waals surface area contributed by atoms with Gasteiger partial charge in [-0.25, -0.2) is 13.2 Å². The number of nitrogens with one attached hydrogen (secondary N) is 1. The zero-order chi connectivity index (χ0) is 14.5. The van der Waals surface area contributed by atoms with Gasteiger partial charge in [-0.15, -0.1) is 0 Å². The number of amides is 1. The highest BCUT2D eigenvalue weighted by molar-refractivity contribution is 7.90. The molecule has 0 bridgehead atoms. The predicted molar refractivity (Wildman–Crippen MR) is 71.0 cm³/mol. The molecule has 0 fully saturated rings. The second-order valence-electron chi connectivity index (χ2n) is 4.13. The molecule has 0 aliphatic heterocycles. The molecule has 104 valence electrons. The molecule has 1 amide bonds. The molecule has 0 saturated heterocycles. The molecule has 0 atom stereocenters. The van der Waals surface area contributed by atoms with Crippen LogP contribution in [-0.2, 0) is 14.6 Å². The molecule has 19 heavy (non-hydrogen) atoms. The predicted octanol–water partition coefficient (Wildman–Crippen LogP) is 1.15. The van der Waals surface area contributed by atoms with Crippen LogP contribution >= 0.6 is 0 Å². The van der Waals surface area contributed by atoms with E-state index in [1.54, 1.807) is 12.1 Å². The molecule has 6 nitrogen and oxygen atoms in total. The standard InChI is InChI=1S/C12H15NO5S/c1-19(17,18)8-4-7-11(14)13-10-6-3-2-5-9(10)12(15)16/h2-3,5-6H,4,7-8H2,1H3,(H,13,14)(H,15,16). The number of aromatic carboxylic acids is 1. The van der Waals surface area contributed by atoms with E-state index in [2.05, 4.69) is 5.32 Å². The Kier molecular flexibility index (Phi) is 5.05. The van der Waals surface area contributed by atoms with Crippen LogP contribution in [0.1, 0.15) is 23.2 Å².